The third kappa shape index (κ3) is 3.94. The van der Waals surface area contributed by atoms with Crippen LogP contribution in [0, 0.1) is 17.6 Å². The molecule has 1 aliphatic heterocycles. The van der Waals surface area contributed by atoms with Crippen LogP contribution < -0.4 is 10.1 Å². The summed E-state index contributed by atoms with van der Waals surface area (Å²) in [5.41, 5.74) is -2.15. The topological polar surface area (TPSA) is 65.4 Å². The average molecular weight is 461 g/mol. The average Bonchev–Trinajstić information content (AvgIpc) is 3.26. The molecule has 32 heavy (non-hydrogen) atoms. The van der Waals surface area contributed by atoms with E-state index in [9.17, 15) is 26.7 Å². The third-order valence-electron chi connectivity index (χ3n) is 6.15. The quantitative estimate of drug-likeness (QED) is 0.684. The molecule has 0 spiro atoms. The fourth-order valence-electron chi connectivity index (χ4n) is 4.08. The number of methoxy groups -OCH3 is 1. The highest BCUT2D eigenvalue weighted by atomic mass is 19.4. The Kier molecular flexibility index (Phi) is 6.25. The molecule has 6 nitrogen and oxygen atoms in total. The molecular weight excluding hydrogens is 437 g/mol. The van der Waals surface area contributed by atoms with E-state index in [1.165, 1.54) is 17.8 Å². The van der Waals surface area contributed by atoms with E-state index in [1.54, 1.807) is 20.2 Å². The van der Waals surface area contributed by atoms with E-state index in [-0.39, 0.29) is 5.56 Å². The van der Waals surface area contributed by atoms with Gasteiger partial charge in [0.15, 0.2) is 17.2 Å². The van der Waals surface area contributed by atoms with Gasteiger partial charge in [-0.05, 0) is 19.9 Å². The van der Waals surface area contributed by atoms with Crippen molar-refractivity contribution < 1.29 is 36.2 Å². The number of hydrogen-bond acceptors (Lipinski definition) is 4. The summed E-state index contributed by atoms with van der Waals surface area (Å²) in [4.78, 5) is 13.1. The second-order valence-electron chi connectivity index (χ2n) is 8.12. The van der Waals surface area contributed by atoms with Crippen molar-refractivity contribution in [1.82, 2.24) is 15.1 Å². The molecule has 0 saturated carbocycles. The van der Waals surface area contributed by atoms with Gasteiger partial charge in [-0.2, -0.15) is 22.7 Å². The van der Waals surface area contributed by atoms with Gasteiger partial charge in [0, 0.05) is 36.2 Å². The molecule has 3 rings (SSSR count). The maximum Gasteiger partial charge on any atom is 0.417 e. The Balaban J connectivity index is 2.04. The van der Waals surface area contributed by atoms with Crippen LogP contribution in [0.1, 0.15) is 43.9 Å². The number of amides is 1. The van der Waals surface area contributed by atoms with Gasteiger partial charge in [0.25, 0.3) is 0 Å². The van der Waals surface area contributed by atoms with E-state index >= 15 is 0 Å². The zero-order valence-corrected chi connectivity index (χ0v) is 18.1. The lowest BCUT2D eigenvalue weighted by atomic mass is 9.77. The van der Waals surface area contributed by atoms with Crippen molar-refractivity contribution in [2.75, 3.05) is 7.11 Å². The summed E-state index contributed by atoms with van der Waals surface area (Å²) in [6.45, 7) is 3.74. The first kappa shape index (κ1) is 24.0. The number of nitrogens with one attached hydrogen (secondary N) is 1. The molecule has 2 aromatic rings. The van der Waals surface area contributed by atoms with Crippen molar-refractivity contribution in [3.05, 3.63) is 47.3 Å². The predicted octanol–water partition coefficient (Wildman–Crippen LogP) is 4.02. The van der Waals surface area contributed by atoms with E-state index in [0.29, 0.717) is 5.56 Å². The number of benzene rings is 1. The first-order chi connectivity index (χ1) is 14.8. The number of ether oxygens (including phenoxy) is 2. The van der Waals surface area contributed by atoms with Gasteiger partial charge in [-0.25, -0.2) is 4.39 Å². The van der Waals surface area contributed by atoms with Crippen LogP contribution in [-0.4, -0.2) is 40.7 Å². The summed E-state index contributed by atoms with van der Waals surface area (Å²) in [7, 11) is 2.75. The Bertz CT molecular complexity index is 1010. The Labute approximate surface area is 181 Å². The fourth-order valence-corrected chi connectivity index (χ4v) is 4.08. The summed E-state index contributed by atoms with van der Waals surface area (Å²) >= 11 is 0. The maximum atomic E-state index is 14.4. The molecule has 1 saturated heterocycles. The number of rotatable bonds is 5. The molecule has 2 heterocycles. The number of carbonyl (C=O) groups is 1. The first-order valence-electron chi connectivity index (χ1n) is 9.87. The van der Waals surface area contributed by atoms with Crippen molar-refractivity contribution in [2.45, 2.75) is 50.6 Å². The molecule has 0 unspecified atom stereocenters. The van der Waals surface area contributed by atoms with Crippen molar-refractivity contribution in [2.24, 2.45) is 13.0 Å². The van der Waals surface area contributed by atoms with Crippen molar-refractivity contribution in [3.8, 4) is 5.75 Å². The molecule has 0 aliphatic carbocycles. The summed E-state index contributed by atoms with van der Waals surface area (Å²) in [6, 6.07) is 1.32. The van der Waals surface area contributed by atoms with Crippen LogP contribution in [0.4, 0.5) is 22.0 Å². The van der Waals surface area contributed by atoms with Gasteiger partial charge in [-0.1, -0.05) is 13.0 Å². The molecular formula is C21H24F5N3O3. The minimum atomic E-state index is -4.82. The van der Waals surface area contributed by atoms with Crippen LogP contribution in [0.2, 0.25) is 0 Å². The fraction of sp³-hybridized carbons (Fsp3) is 0.524. The summed E-state index contributed by atoms with van der Waals surface area (Å²) in [6.07, 6.45) is -3.28. The second kappa shape index (κ2) is 8.34. The van der Waals surface area contributed by atoms with Crippen LogP contribution >= 0.6 is 0 Å². The van der Waals surface area contributed by atoms with Crippen molar-refractivity contribution >= 4 is 5.91 Å². The number of nitrogens with zero attached hydrogens (tertiary/aromatic N) is 2. The summed E-state index contributed by atoms with van der Waals surface area (Å²) in [5, 5.41) is 6.64. The number of halogens is 5. The lowest BCUT2D eigenvalue weighted by Gasteiger charge is -2.32. The summed E-state index contributed by atoms with van der Waals surface area (Å²) < 4.78 is 81.7. The van der Waals surface area contributed by atoms with Crippen LogP contribution in [0.5, 0.6) is 5.75 Å². The van der Waals surface area contributed by atoms with Gasteiger partial charge in [0.05, 0.1) is 19.3 Å². The zero-order chi connectivity index (χ0) is 24.0. The van der Waals surface area contributed by atoms with E-state index in [1.807, 2.05) is 0 Å². The number of aryl methyl sites for hydroxylation is 1. The largest absolute Gasteiger partial charge is 0.493 e. The van der Waals surface area contributed by atoms with Gasteiger partial charge < -0.3 is 14.8 Å². The Morgan fingerprint density at radius 1 is 1.34 bits per heavy atom. The van der Waals surface area contributed by atoms with Gasteiger partial charge >= 0.3 is 6.18 Å². The molecule has 5 atom stereocenters. The van der Waals surface area contributed by atoms with Crippen molar-refractivity contribution in [3.63, 3.8) is 0 Å². The van der Waals surface area contributed by atoms with Crippen LogP contribution in [-0.2, 0) is 16.6 Å². The third-order valence-corrected chi connectivity index (χ3v) is 6.15. The normalized spacial score (nSPS) is 26.8. The lowest BCUT2D eigenvalue weighted by molar-refractivity contribution is -0.272. The van der Waals surface area contributed by atoms with Crippen LogP contribution in [0.25, 0.3) is 0 Å². The second-order valence-corrected chi connectivity index (χ2v) is 8.12. The van der Waals surface area contributed by atoms with E-state index in [4.69, 9.17) is 9.47 Å². The number of aromatic nitrogens is 2. The molecule has 1 aromatic heterocycles. The molecule has 1 fully saturated rings. The van der Waals surface area contributed by atoms with Gasteiger partial charge in [0.1, 0.15) is 6.10 Å². The van der Waals surface area contributed by atoms with E-state index in [2.05, 4.69) is 10.4 Å². The highest BCUT2D eigenvalue weighted by molar-refractivity contribution is 5.83. The molecule has 11 heteroatoms. The van der Waals surface area contributed by atoms with Crippen molar-refractivity contribution in [1.29, 1.82) is 0 Å². The van der Waals surface area contributed by atoms with E-state index in [0.717, 1.165) is 26.2 Å². The number of carbonyl (C=O) groups excluding carboxylic acids is 1. The number of hydrogen-bond donors (Lipinski definition) is 1. The first-order valence-corrected chi connectivity index (χ1v) is 9.87. The molecule has 1 aromatic carbocycles. The minimum Gasteiger partial charge on any atom is -0.493 e. The standard InChI is InChI=1S/C21H24F5N3O3/c1-10-15(13-6-7-14(22)16(23)17(13)31-5)18(32-20(10,3)21(24,25)26)19(30)28-11(2)12-8-27-29(4)9-12/h6-11,15,18H,1-5H3,(H,28,30)/t10-,11+,15-,18+,20+/m0/s1. The van der Waals surface area contributed by atoms with Crippen LogP contribution in [0.15, 0.2) is 24.5 Å². The van der Waals surface area contributed by atoms with Crippen LogP contribution in [0.3, 0.4) is 0 Å². The predicted molar refractivity (Wildman–Crippen MR) is 104 cm³/mol. The Morgan fingerprint density at radius 2 is 2.00 bits per heavy atom. The van der Waals surface area contributed by atoms with Gasteiger partial charge in [0.2, 0.25) is 11.7 Å². The monoisotopic (exact) mass is 461 g/mol. The Hall–Kier alpha value is -2.69. The molecule has 0 radical (unpaired) electrons. The molecule has 176 valence electrons. The highest BCUT2D eigenvalue weighted by Crippen LogP contribution is 2.54. The minimum absolute atomic E-state index is 0.0824. The molecule has 1 amide bonds. The zero-order valence-electron chi connectivity index (χ0n) is 18.1. The smallest absolute Gasteiger partial charge is 0.417 e. The lowest BCUT2D eigenvalue weighted by Crippen LogP contribution is -2.47. The van der Waals surface area contributed by atoms with Gasteiger partial charge in [-0.3, -0.25) is 9.48 Å². The molecule has 1 aliphatic rings. The SMILES string of the molecule is COc1c([C@H]2[C@H](C(=O)N[C@H](C)c3cnn(C)c3)O[C@@](C)(C(F)(F)F)[C@H]2C)ccc(F)c1F. The van der Waals surface area contributed by atoms with Gasteiger partial charge in [-0.15, -0.1) is 0 Å². The maximum absolute atomic E-state index is 14.4. The highest BCUT2D eigenvalue weighted by Gasteiger charge is 2.65. The number of alkyl halides is 3. The van der Waals surface area contributed by atoms with E-state index < -0.39 is 59.1 Å². The summed E-state index contributed by atoms with van der Waals surface area (Å²) in [5.74, 6) is -6.52. The molecule has 0 bridgehead atoms. The Morgan fingerprint density at radius 3 is 2.53 bits per heavy atom. The molecule has 1 N–H and O–H groups in total.